The molecule has 2 aliphatic heterocycles. The molecule has 3 heterocycles. The van der Waals surface area contributed by atoms with Gasteiger partial charge in [-0.2, -0.15) is 15.6 Å². The van der Waals surface area contributed by atoms with Gasteiger partial charge in [0.25, 0.3) is 0 Å². The highest BCUT2D eigenvalue weighted by Gasteiger charge is 2.29. The van der Waals surface area contributed by atoms with E-state index >= 15 is 0 Å². The summed E-state index contributed by atoms with van der Waals surface area (Å²) < 4.78 is 0. The lowest BCUT2D eigenvalue weighted by Gasteiger charge is -2.26. The minimum Gasteiger partial charge on any atom is -0.367 e. The third-order valence-corrected chi connectivity index (χ3v) is 5.84. The number of benzene rings is 1. The first-order valence-electron chi connectivity index (χ1n) is 10.1. The number of nitrogens with one attached hydrogen (secondary N) is 3. The fourth-order valence-electron chi connectivity index (χ4n) is 4.31. The van der Waals surface area contributed by atoms with Crippen LogP contribution in [0.25, 0.3) is 10.9 Å². The van der Waals surface area contributed by atoms with Crippen molar-refractivity contribution in [3.8, 4) is 12.1 Å². The van der Waals surface area contributed by atoms with E-state index in [0.29, 0.717) is 11.1 Å². The molecular formula is C22H25N7. The average molecular weight is 387 g/mol. The standard InChI is InChI=1S/C22H25N7/c1-14-18(12-23)21(19(13-24)15(2)26-14)16-5-6-20-17(11-16)22(28-27-20)25-7-10-29-8-3-4-9-29/h5-6,11,21,26H,3-4,7-10H2,1-2H3,(H2,25,27,28). The van der Waals surface area contributed by atoms with Crippen molar-refractivity contribution in [2.45, 2.75) is 32.6 Å². The summed E-state index contributed by atoms with van der Waals surface area (Å²) in [5.74, 6) is 0.455. The van der Waals surface area contributed by atoms with E-state index in [-0.39, 0.29) is 5.92 Å². The highest BCUT2D eigenvalue weighted by atomic mass is 15.2. The van der Waals surface area contributed by atoms with Gasteiger partial charge in [-0.05, 0) is 57.5 Å². The first kappa shape index (κ1) is 19.0. The molecule has 3 N–H and O–H groups in total. The Kier molecular flexibility index (Phi) is 5.24. The fraction of sp³-hybridized carbons (Fsp3) is 0.409. The highest BCUT2D eigenvalue weighted by Crippen LogP contribution is 2.38. The topological polar surface area (TPSA) is 104 Å². The second kappa shape index (κ2) is 7.98. The zero-order valence-corrected chi connectivity index (χ0v) is 16.8. The van der Waals surface area contributed by atoms with Crippen molar-refractivity contribution in [1.82, 2.24) is 20.4 Å². The minimum atomic E-state index is -0.358. The van der Waals surface area contributed by atoms with E-state index in [4.69, 9.17) is 0 Å². The smallest absolute Gasteiger partial charge is 0.155 e. The number of rotatable bonds is 5. The predicted molar refractivity (Wildman–Crippen MR) is 113 cm³/mol. The number of H-pyrrole nitrogens is 1. The molecule has 2 aromatic rings. The number of aromatic nitrogens is 2. The van der Waals surface area contributed by atoms with E-state index in [9.17, 15) is 10.5 Å². The molecule has 1 fully saturated rings. The zero-order valence-electron chi connectivity index (χ0n) is 16.8. The summed E-state index contributed by atoms with van der Waals surface area (Å²) in [6.07, 6.45) is 2.57. The molecule has 1 aromatic heterocycles. The van der Waals surface area contributed by atoms with Crippen LogP contribution in [-0.2, 0) is 0 Å². The van der Waals surface area contributed by atoms with Crippen LogP contribution in [0, 0.1) is 22.7 Å². The molecule has 7 nitrogen and oxygen atoms in total. The molecule has 7 heteroatoms. The number of anilines is 1. The predicted octanol–water partition coefficient (Wildman–Crippen LogP) is 3.35. The van der Waals surface area contributed by atoms with Gasteiger partial charge in [-0.1, -0.05) is 6.07 Å². The Morgan fingerprint density at radius 3 is 2.48 bits per heavy atom. The van der Waals surface area contributed by atoms with E-state index in [2.05, 4.69) is 37.9 Å². The van der Waals surface area contributed by atoms with E-state index in [1.54, 1.807) is 0 Å². The summed E-state index contributed by atoms with van der Waals surface area (Å²) in [4.78, 5) is 2.46. The first-order chi connectivity index (χ1) is 14.1. The van der Waals surface area contributed by atoms with Crippen LogP contribution in [0.3, 0.4) is 0 Å². The molecule has 0 unspecified atom stereocenters. The molecule has 148 valence electrons. The number of likely N-dealkylation sites (tertiary alicyclic amines) is 1. The van der Waals surface area contributed by atoms with Gasteiger partial charge in [0.1, 0.15) is 0 Å². The van der Waals surface area contributed by atoms with Crippen LogP contribution >= 0.6 is 0 Å². The van der Waals surface area contributed by atoms with Gasteiger partial charge in [0.2, 0.25) is 0 Å². The van der Waals surface area contributed by atoms with E-state index < -0.39 is 0 Å². The maximum absolute atomic E-state index is 9.73. The number of nitrogens with zero attached hydrogens (tertiary/aromatic N) is 4. The summed E-state index contributed by atoms with van der Waals surface area (Å²) in [5.41, 5.74) is 4.62. The molecule has 2 aliphatic rings. The Bertz CT molecular complexity index is 1030. The highest BCUT2D eigenvalue weighted by molar-refractivity contribution is 5.90. The van der Waals surface area contributed by atoms with Gasteiger partial charge >= 0.3 is 0 Å². The van der Waals surface area contributed by atoms with Crippen molar-refractivity contribution < 1.29 is 0 Å². The molecule has 4 rings (SSSR count). The molecule has 0 aliphatic carbocycles. The Hall–Kier alpha value is -3.29. The van der Waals surface area contributed by atoms with Crippen molar-refractivity contribution in [1.29, 1.82) is 10.5 Å². The van der Waals surface area contributed by atoms with Crippen molar-refractivity contribution >= 4 is 16.7 Å². The second-order valence-corrected chi connectivity index (χ2v) is 7.71. The largest absolute Gasteiger partial charge is 0.367 e. The number of fused-ring (bicyclic) bond motifs is 1. The number of nitriles is 2. The third kappa shape index (κ3) is 3.57. The van der Waals surface area contributed by atoms with Gasteiger partial charge in [0.05, 0.1) is 34.7 Å². The third-order valence-electron chi connectivity index (χ3n) is 5.84. The lowest BCUT2D eigenvalue weighted by molar-refractivity contribution is 0.352. The normalized spacial score (nSPS) is 18.1. The van der Waals surface area contributed by atoms with Gasteiger partial charge in [-0.25, -0.2) is 0 Å². The maximum Gasteiger partial charge on any atom is 0.155 e. The van der Waals surface area contributed by atoms with Crippen LogP contribution < -0.4 is 10.6 Å². The fourth-order valence-corrected chi connectivity index (χ4v) is 4.31. The Labute approximate surface area is 170 Å². The molecular weight excluding hydrogens is 362 g/mol. The quantitative estimate of drug-likeness (QED) is 0.727. The lowest BCUT2D eigenvalue weighted by atomic mass is 9.81. The first-order valence-corrected chi connectivity index (χ1v) is 10.1. The van der Waals surface area contributed by atoms with Crippen LogP contribution in [0.1, 0.15) is 38.2 Å². The van der Waals surface area contributed by atoms with E-state index in [0.717, 1.165) is 46.8 Å². The maximum atomic E-state index is 9.73. The van der Waals surface area contributed by atoms with Crippen LogP contribution in [0.2, 0.25) is 0 Å². The van der Waals surface area contributed by atoms with Crippen molar-refractivity contribution in [2.24, 2.45) is 0 Å². The molecule has 0 spiro atoms. The van der Waals surface area contributed by atoms with Crippen molar-refractivity contribution in [3.63, 3.8) is 0 Å². The molecule has 0 atom stereocenters. The van der Waals surface area contributed by atoms with Crippen LogP contribution in [-0.4, -0.2) is 41.3 Å². The van der Waals surface area contributed by atoms with E-state index in [1.807, 2.05) is 32.0 Å². The lowest BCUT2D eigenvalue weighted by Crippen LogP contribution is -2.26. The summed E-state index contributed by atoms with van der Waals surface area (Å²) in [6.45, 7) is 7.95. The molecule has 29 heavy (non-hydrogen) atoms. The summed E-state index contributed by atoms with van der Waals surface area (Å²) >= 11 is 0. The number of allylic oxidation sites excluding steroid dienone is 4. The number of aromatic amines is 1. The Balaban J connectivity index is 1.64. The van der Waals surface area contributed by atoms with Crippen molar-refractivity contribution in [2.75, 3.05) is 31.5 Å². The van der Waals surface area contributed by atoms with Gasteiger partial charge < -0.3 is 15.5 Å². The molecule has 1 saturated heterocycles. The van der Waals surface area contributed by atoms with Crippen LogP contribution in [0.5, 0.6) is 0 Å². The molecule has 0 amide bonds. The SMILES string of the molecule is CC1=C(C#N)C(c2ccc3[nH]nc(NCCN4CCCC4)c3c2)C(C#N)=C(C)N1. The number of dihydropyridines is 1. The monoisotopic (exact) mass is 387 g/mol. The van der Waals surface area contributed by atoms with Gasteiger partial charge in [0, 0.05) is 29.9 Å². The van der Waals surface area contributed by atoms with E-state index in [1.165, 1.54) is 25.9 Å². The summed E-state index contributed by atoms with van der Waals surface area (Å²) in [5, 5.41) is 34.5. The van der Waals surface area contributed by atoms with Crippen LogP contribution in [0.15, 0.2) is 40.7 Å². The number of hydrogen-bond donors (Lipinski definition) is 3. The number of hydrogen-bond acceptors (Lipinski definition) is 6. The Morgan fingerprint density at radius 1 is 1.14 bits per heavy atom. The van der Waals surface area contributed by atoms with Crippen LogP contribution in [0.4, 0.5) is 5.82 Å². The van der Waals surface area contributed by atoms with Crippen molar-refractivity contribution in [3.05, 3.63) is 46.3 Å². The molecule has 0 radical (unpaired) electrons. The van der Waals surface area contributed by atoms with Gasteiger partial charge in [-0.15, -0.1) is 0 Å². The minimum absolute atomic E-state index is 0.358. The molecule has 0 bridgehead atoms. The second-order valence-electron chi connectivity index (χ2n) is 7.71. The zero-order chi connectivity index (χ0) is 20.4. The Morgan fingerprint density at radius 2 is 1.83 bits per heavy atom. The molecule has 1 aromatic carbocycles. The molecule has 0 saturated carbocycles. The van der Waals surface area contributed by atoms with Gasteiger partial charge in [-0.3, -0.25) is 5.10 Å². The van der Waals surface area contributed by atoms with Gasteiger partial charge in [0.15, 0.2) is 5.82 Å². The average Bonchev–Trinajstić information content (AvgIpc) is 3.37. The summed E-state index contributed by atoms with van der Waals surface area (Å²) in [7, 11) is 0. The summed E-state index contributed by atoms with van der Waals surface area (Å²) in [6, 6.07) is 10.6.